The number of esters is 2. The molecule has 0 saturated carbocycles. The van der Waals surface area contributed by atoms with Gasteiger partial charge in [0.05, 0.1) is 18.9 Å². The Hall–Kier alpha value is -2.54. The van der Waals surface area contributed by atoms with Crippen LogP contribution < -0.4 is 14.8 Å². The van der Waals surface area contributed by atoms with E-state index in [9.17, 15) is 9.59 Å². The van der Waals surface area contributed by atoms with Crippen LogP contribution in [0.15, 0.2) is 24.3 Å². The molecule has 29 heavy (non-hydrogen) atoms. The molecule has 0 unspecified atom stereocenters. The zero-order valence-electron chi connectivity index (χ0n) is 17.0. The number of rotatable bonds is 5. The molecule has 1 aliphatic carbocycles. The molecule has 2 aliphatic heterocycles. The third-order valence-electron chi connectivity index (χ3n) is 5.92. The van der Waals surface area contributed by atoms with Crippen LogP contribution >= 0.6 is 0 Å². The largest absolute Gasteiger partial charge is 0.493 e. The Labute approximate surface area is 170 Å². The molecule has 1 N–H and O–H groups in total. The Morgan fingerprint density at radius 3 is 2.97 bits per heavy atom. The van der Waals surface area contributed by atoms with Crippen molar-refractivity contribution in [2.24, 2.45) is 0 Å². The van der Waals surface area contributed by atoms with Crippen molar-refractivity contribution in [2.75, 3.05) is 13.7 Å². The van der Waals surface area contributed by atoms with E-state index in [0.717, 1.165) is 31.0 Å². The van der Waals surface area contributed by atoms with Crippen molar-refractivity contribution < 1.29 is 28.5 Å². The lowest BCUT2D eigenvalue weighted by atomic mass is 9.69. The molecule has 0 fully saturated rings. The van der Waals surface area contributed by atoms with Crippen molar-refractivity contribution in [3.8, 4) is 11.5 Å². The molecule has 0 radical (unpaired) electrons. The summed E-state index contributed by atoms with van der Waals surface area (Å²) in [6.07, 6.45) is 4.62. The zero-order chi connectivity index (χ0) is 20.6. The number of methoxy groups -OCH3 is 1. The van der Waals surface area contributed by atoms with Crippen molar-refractivity contribution >= 4 is 11.9 Å². The highest BCUT2D eigenvalue weighted by atomic mass is 16.6. The Morgan fingerprint density at radius 2 is 2.21 bits per heavy atom. The van der Waals surface area contributed by atoms with Gasteiger partial charge in [0.25, 0.3) is 0 Å². The summed E-state index contributed by atoms with van der Waals surface area (Å²) in [5.41, 5.74) is 2.17. The first-order valence-electron chi connectivity index (χ1n) is 10.1. The minimum absolute atomic E-state index is 0.0305. The van der Waals surface area contributed by atoms with Gasteiger partial charge in [0, 0.05) is 25.5 Å². The number of benzene rings is 1. The van der Waals surface area contributed by atoms with Gasteiger partial charge >= 0.3 is 11.9 Å². The van der Waals surface area contributed by atoms with E-state index in [4.69, 9.17) is 18.9 Å². The zero-order valence-corrected chi connectivity index (χ0v) is 17.0. The highest BCUT2D eigenvalue weighted by Crippen LogP contribution is 2.55. The lowest BCUT2D eigenvalue weighted by molar-refractivity contribution is -0.155. The number of carbonyl (C=O) groups is 2. The van der Waals surface area contributed by atoms with E-state index in [-0.39, 0.29) is 30.0 Å². The minimum Gasteiger partial charge on any atom is -0.493 e. The minimum atomic E-state index is -0.509. The van der Waals surface area contributed by atoms with E-state index in [0.29, 0.717) is 6.42 Å². The molecular weight excluding hydrogens is 374 g/mol. The average molecular weight is 401 g/mol. The Kier molecular flexibility index (Phi) is 5.25. The van der Waals surface area contributed by atoms with Crippen LogP contribution in [0.25, 0.3) is 0 Å². The molecule has 1 aromatic rings. The second-order valence-corrected chi connectivity index (χ2v) is 7.95. The maximum absolute atomic E-state index is 12.3. The number of carbonyl (C=O) groups excluding carboxylic acids is 2. The first kappa shape index (κ1) is 19.8. The second-order valence-electron chi connectivity index (χ2n) is 7.95. The Balaban J connectivity index is 1.54. The fourth-order valence-electron chi connectivity index (χ4n) is 4.72. The topological polar surface area (TPSA) is 83.1 Å². The molecular formula is C22H27NO6. The summed E-state index contributed by atoms with van der Waals surface area (Å²) < 4.78 is 22.6. The van der Waals surface area contributed by atoms with Gasteiger partial charge in [-0.2, -0.15) is 0 Å². The van der Waals surface area contributed by atoms with Crippen LogP contribution in [0.4, 0.5) is 0 Å². The van der Waals surface area contributed by atoms with E-state index in [2.05, 4.69) is 17.5 Å². The predicted molar refractivity (Wildman–Crippen MR) is 105 cm³/mol. The van der Waals surface area contributed by atoms with Gasteiger partial charge in [-0.1, -0.05) is 12.1 Å². The summed E-state index contributed by atoms with van der Waals surface area (Å²) in [7, 11) is 1.65. The monoisotopic (exact) mass is 401 g/mol. The van der Waals surface area contributed by atoms with Crippen molar-refractivity contribution in [3.63, 3.8) is 0 Å². The molecule has 3 aliphatic rings. The van der Waals surface area contributed by atoms with Gasteiger partial charge in [-0.3, -0.25) is 9.59 Å². The van der Waals surface area contributed by atoms with Crippen LogP contribution in [-0.2, 0) is 31.0 Å². The highest BCUT2D eigenvalue weighted by Gasteiger charge is 2.52. The molecule has 0 aromatic heterocycles. The standard InChI is InChI=1S/C22H27NO6/c1-13(27-14(2)24)10-19(25)28-16-6-7-22-8-9-23-12-15-4-5-17(26-3)21(20(15)22)29-18(22)11-16/h4-7,13,16,18,23H,8-12H2,1-3H3/t13-,16-,18-,22-/m0/s1. The number of hydrogen-bond donors (Lipinski definition) is 1. The van der Waals surface area contributed by atoms with Gasteiger partial charge in [-0.25, -0.2) is 0 Å². The van der Waals surface area contributed by atoms with E-state index in [1.807, 2.05) is 12.1 Å². The van der Waals surface area contributed by atoms with Crippen molar-refractivity contribution in [1.29, 1.82) is 0 Å². The second kappa shape index (κ2) is 7.71. The van der Waals surface area contributed by atoms with Gasteiger partial charge in [0.15, 0.2) is 11.5 Å². The summed E-state index contributed by atoms with van der Waals surface area (Å²) in [5, 5.41) is 3.48. The third kappa shape index (κ3) is 3.59. The molecule has 1 spiro atoms. The number of ether oxygens (including phenoxy) is 4. The Morgan fingerprint density at radius 1 is 1.38 bits per heavy atom. The molecule has 4 atom stereocenters. The molecule has 7 nitrogen and oxygen atoms in total. The Bertz CT molecular complexity index is 850. The molecule has 7 heteroatoms. The first-order chi connectivity index (χ1) is 13.9. The summed E-state index contributed by atoms with van der Waals surface area (Å²) in [5.74, 6) is 0.740. The molecule has 1 aromatic carbocycles. The highest BCUT2D eigenvalue weighted by molar-refractivity contribution is 5.72. The van der Waals surface area contributed by atoms with Crippen LogP contribution in [0.5, 0.6) is 11.5 Å². The van der Waals surface area contributed by atoms with Crippen molar-refractivity contribution in [3.05, 3.63) is 35.4 Å². The molecule has 0 bridgehead atoms. The predicted octanol–water partition coefficient (Wildman–Crippen LogP) is 2.40. The van der Waals surface area contributed by atoms with Crippen LogP contribution in [-0.4, -0.2) is 43.9 Å². The van der Waals surface area contributed by atoms with E-state index < -0.39 is 12.1 Å². The van der Waals surface area contributed by atoms with Gasteiger partial charge in [-0.05, 0) is 37.6 Å². The quantitative estimate of drug-likeness (QED) is 0.599. The molecule has 2 heterocycles. The lowest BCUT2D eigenvalue weighted by Gasteiger charge is -2.36. The maximum Gasteiger partial charge on any atom is 0.310 e. The van der Waals surface area contributed by atoms with Gasteiger partial charge in [0.2, 0.25) is 0 Å². The molecule has 156 valence electrons. The van der Waals surface area contributed by atoms with Gasteiger partial charge in [0.1, 0.15) is 18.3 Å². The number of nitrogens with one attached hydrogen (secondary N) is 1. The van der Waals surface area contributed by atoms with Gasteiger partial charge < -0.3 is 24.3 Å². The van der Waals surface area contributed by atoms with E-state index in [1.165, 1.54) is 18.1 Å². The summed E-state index contributed by atoms with van der Waals surface area (Å²) in [4.78, 5) is 23.3. The summed E-state index contributed by atoms with van der Waals surface area (Å²) in [6.45, 7) is 4.68. The van der Waals surface area contributed by atoms with Gasteiger partial charge in [-0.15, -0.1) is 0 Å². The molecule has 0 saturated heterocycles. The van der Waals surface area contributed by atoms with E-state index in [1.54, 1.807) is 14.0 Å². The van der Waals surface area contributed by atoms with Crippen LogP contribution in [0, 0.1) is 0 Å². The summed E-state index contributed by atoms with van der Waals surface area (Å²) >= 11 is 0. The number of hydrogen-bond acceptors (Lipinski definition) is 7. The fraction of sp³-hybridized carbons (Fsp3) is 0.545. The summed E-state index contributed by atoms with van der Waals surface area (Å²) in [6, 6.07) is 4.05. The molecule has 4 rings (SSSR count). The van der Waals surface area contributed by atoms with Crippen molar-refractivity contribution in [1.82, 2.24) is 5.32 Å². The first-order valence-corrected chi connectivity index (χ1v) is 10.1. The normalized spacial score (nSPS) is 27.7. The van der Waals surface area contributed by atoms with Crippen LogP contribution in [0.2, 0.25) is 0 Å². The van der Waals surface area contributed by atoms with Crippen molar-refractivity contribution in [2.45, 2.75) is 63.4 Å². The maximum atomic E-state index is 12.3. The fourth-order valence-corrected chi connectivity index (χ4v) is 4.72. The lowest BCUT2D eigenvalue weighted by Crippen LogP contribution is -2.43. The van der Waals surface area contributed by atoms with Crippen LogP contribution in [0.1, 0.15) is 44.2 Å². The SMILES string of the molecule is COc1ccc2c3c1O[C@H]1C[C@@H](OC(=O)C[C@H](C)OC(C)=O)C=C[C@@]31CCNC2. The van der Waals surface area contributed by atoms with Crippen LogP contribution in [0.3, 0.4) is 0 Å². The average Bonchev–Trinajstić information content (AvgIpc) is 2.87. The third-order valence-corrected chi connectivity index (χ3v) is 5.92. The molecule has 0 amide bonds. The van der Waals surface area contributed by atoms with E-state index >= 15 is 0 Å². The smallest absolute Gasteiger partial charge is 0.310 e.